The number of fused-ring (bicyclic) bond motifs is 1. The Hall–Kier alpha value is -3.03. The van der Waals surface area contributed by atoms with Gasteiger partial charge in [0.2, 0.25) is 11.9 Å². The third-order valence-electron chi connectivity index (χ3n) is 4.25. The van der Waals surface area contributed by atoms with Gasteiger partial charge in [0.05, 0.1) is 11.6 Å². The monoisotopic (exact) mass is 355 g/mol. The summed E-state index contributed by atoms with van der Waals surface area (Å²) >= 11 is 0. The van der Waals surface area contributed by atoms with Crippen molar-refractivity contribution in [3.63, 3.8) is 0 Å². The molecule has 0 aliphatic rings. The van der Waals surface area contributed by atoms with E-state index in [1.165, 1.54) is 18.5 Å². The molecule has 3 N–H and O–H groups in total. The molecule has 0 saturated carbocycles. The van der Waals surface area contributed by atoms with Crippen molar-refractivity contribution in [1.29, 1.82) is 0 Å². The van der Waals surface area contributed by atoms with E-state index in [0.29, 0.717) is 11.5 Å². The zero-order chi connectivity index (χ0) is 18.7. The molecule has 0 aliphatic heterocycles. The van der Waals surface area contributed by atoms with Gasteiger partial charge in [0.15, 0.2) is 0 Å². The number of nitrogens with two attached hydrogens (primary N) is 1. The van der Waals surface area contributed by atoms with Gasteiger partial charge in [-0.3, -0.25) is 0 Å². The highest BCUT2D eigenvalue weighted by molar-refractivity contribution is 5.82. The van der Waals surface area contributed by atoms with Crippen LogP contribution in [0.15, 0.2) is 30.6 Å². The minimum absolute atomic E-state index is 0.130. The molecule has 2 heterocycles. The third-order valence-corrected chi connectivity index (χ3v) is 4.25. The lowest BCUT2D eigenvalue weighted by molar-refractivity contribution is 0.629. The molecule has 3 rings (SSSR count). The Bertz CT molecular complexity index is 911. The summed E-state index contributed by atoms with van der Waals surface area (Å²) in [6, 6.07) is 6.53. The molecule has 0 bridgehead atoms. The highest BCUT2D eigenvalue weighted by Gasteiger charge is 2.18. The second-order valence-corrected chi connectivity index (χ2v) is 5.94. The molecule has 0 aliphatic carbocycles. The van der Waals surface area contributed by atoms with E-state index < -0.39 is 0 Å². The topological polar surface area (TPSA) is 92.9 Å². The summed E-state index contributed by atoms with van der Waals surface area (Å²) in [5.41, 5.74) is 7.23. The van der Waals surface area contributed by atoms with Crippen molar-refractivity contribution in [2.75, 3.05) is 29.0 Å². The number of benzene rings is 1. The van der Waals surface area contributed by atoms with Crippen LogP contribution in [0.3, 0.4) is 0 Å². The van der Waals surface area contributed by atoms with Crippen molar-refractivity contribution in [2.24, 2.45) is 0 Å². The summed E-state index contributed by atoms with van der Waals surface area (Å²) < 4.78 is 13.6. The zero-order valence-electron chi connectivity index (χ0n) is 15.1. The van der Waals surface area contributed by atoms with E-state index in [9.17, 15) is 4.39 Å². The fraction of sp³-hybridized carbons (Fsp3) is 0.333. The van der Waals surface area contributed by atoms with E-state index in [-0.39, 0.29) is 17.8 Å². The lowest BCUT2D eigenvalue weighted by atomic mass is 10.1. The van der Waals surface area contributed by atoms with E-state index in [0.717, 1.165) is 29.9 Å². The Balaban J connectivity index is 2.06. The van der Waals surface area contributed by atoms with Gasteiger partial charge in [-0.25, -0.2) is 19.3 Å². The second-order valence-electron chi connectivity index (χ2n) is 5.94. The predicted molar refractivity (Wildman–Crippen MR) is 102 cm³/mol. The van der Waals surface area contributed by atoms with Gasteiger partial charge in [0.25, 0.3) is 0 Å². The van der Waals surface area contributed by atoms with Gasteiger partial charge < -0.3 is 16.0 Å². The Morgan fingerprint density at radius 2 is 1.92 bits per heavy atom. The molecule has 1 atom stereocenters. The maximum Gasteiger partial charge on any atom is 0.227 e. The van der Waals surface area contributed by atoms with Crippen molar-refractivity contribution in [3.8, 4) is 0 Å². The van der Waals surface area contributed by atoms with Crippen molar-refractivity contribution in [3.05, 3.63) is 42.0 Å². The van der Waals surface area contributed by atoms with Crippen LogP contribution in [0.2, 0.25) is 0 Å². The van der Waals surface area contributed by atoms with E-state index in [1.807, 2.05) is 13.0 Å². The Morgan fingerprint density at radius 3 is 2.62 bits per heavy atom. The number of nitrogen functional groups attached to an aromatic ring is 1. The molecular formula is C18H22FN7. The van der Waals surface area contributed by atoms with Crippen LogP contribution in [0, 0.1) is 5.82 Å². The maximum absolute atomic E-state index is 13.6. The average molecular weight is 355 g/mol. The van der Waals surface area contributed by atoms with Crippen LogP contribution >= 0.6 is 0 Å². The van der Waals surface area contributed by atoms with Crippen LogP contribution in [-0.2, 0) is 0 Å². The van der Waals surface area contributed by atoms with Crippen molar-refractivity contribution in [2.45, 2.75) is 26.8 Å². The molecule has 0 fully saturated rings. The van der Waals surface area contributed by atoms with E-state index in [1.54, 1.807) is 6.07 Å². The average Bonchev–Trinajstić information content (AvgIpc) is 2.62. The number of nitrogens with zero attached hydrogens (tertiary/aromatic N) is 5. The molecule has 136 valence electrons. The standard InChI is InChI=1S/C18H22FN7/c1-4-26(5-2)16-14(8-12-6-7-13(19)9-15(12)24-16)11(3)23-18-22-10-21-17(20)25-18/h6-11H,4-5H2,1-3H3,(H3,20,21,22,23,25). The van der Waals surface area contributed by atoms with Crippen molar-refractivity contribution in [1.82, 2.24) is 19.9 Å². The second kappa shape index (κ2) is 7.47. The van der Waals surface area contributed by atoms with Crippen LogP contribution in [0.1, 0.15) is 32.4 Å². The zero-order valence-corrected chi connectivity index (χ0v) is 15.1. The highest BCUT2D eigenvalue weighted by Crippen LogP contribution is 2.30. The van der Waals surface area contributed by atoms with E-state index >= 15 is 0 Å². The molecule has 1 unspecified atom stereocenters. The lowest BCUT2D eigenvalue weighted by Gasteiger charge is -2.26. The van der Waals surface area contributed by atoms with Gasteiger partial charge in [0.1, 0.15) is 18.0 Å². The molecule has 7 nitrogen and oxygen atoms in total. The molecule has 0 amide bonds. The molecular weight excluding hydrogens is 333 g/mol. The van der Waals surface area contributed by atoms with Crippen LogP contribution in [0.5, 0.6) is 0 Å². The minimum Gasteiger partial charge on any atom is -0.368 e. The molecule has 0 radical (unpaired) electrons. The van der Waals surface area contributed by atoms with Gasteiger partial charge in [-0.2, -0.15) is 4.98 Å². The molecule has 2 aromatic heterocycles. The number of hydrogen-bond donors (Lipinski definition) is 2. The summed E-state index contributed by atoms with van der Waals surface area (Å²) in [7, 11) is 0. The first-order valence-corrected chi connectivity index (χ1v) is 8.58. The largest absolute Gasteiger partial charge is 0.368 e. The number of pyridine rings is 1. The van der Waals surface area contributed by atoms with Crippen molar-refractivity contribution < 1.29 is 4.39 Å². The summed E-state index contributed by atoms with van der Waals surface area (Å²) in [4.78, 5) is 18.9. The van der Waals surface area contributed by atoms with Crippen LogP contribution in [0.25, 0.3) is 10.9 Å². The SMILES string of the molecule is CCN(CC)c1nc2cc(F)ccc2cc1C(C)Nc1ncnc(N)n1. The Kier molecular flexibility index (Phi) is 5.11. The molecule has 1 aromatic carbocycles. The molecule has 0 saturated heterocycles. The number of rotatable bonds is 6. The first-order valence-electron chi connectivity index (χ1n) is 8.58. The fourth-order valence-electron chi connectivity index (χ4n) is 2.89. The van der Waals surface area contributed by atoms with Crippen LogP contribution < -0.4 is 16.0 Å². The third kappa shape index (κ3) is 3.63. The fourth-order valence-corrected chi connectivity index (χ4v) is 2.89. The Morgan fingerprint density at radius 1 is 1.15 bits per heavy atom. The van der Waals surface area contributed by atoms with Crippen LogP contribution in [-0.4, -0.2) is 33.0 Å². The summed E-state index contributed by atoms with van der Waals surface area (Å²) in [5, 5.41) is 4.11. The number of hydrogen-bond acceptors (Lipinski definition) is 7. The van der Waals surface area contributed by atoms with Crippen molar-refractivity contribution >= 4 is 28.6 Å². The number of anilines is 3. The minimum atomic E-state index is -0.296. The van der Waals surface area contributed by atoms with Gasteiger partial charge in [-0.15, -0.1) is 0 Å². The smallest absolute Gasteiger partial charge is 0.227 e. The number of halogens is 1. The summed E-state index contributed by atoms with van der Waals surface area (Å²) in [6.07, 6.45) is 1.37. The van der Waals surface area contributed by atoms with E-state index in [4.69, 9.17) is 10.7 Å². The summed E-state index contributed by atoms with van der Waals surface area (Å²) in [5.74, 6) is 1.07. The van der Waals surface area contributed by atoms with Gasteiger partial charge in [0, 0.05) is 30.1 Å². The van der Waals surface area contributed by atoms with Gasteiger partial charge >= 0.3 is 0 Å². The predicted octanol–water partition coefficient (Wildman–Crippen LogP) is 3.16. The number of nitrogens with one attached hydrogen (secondary N) is 1. The molecule has 26 heavy (non-hydrogen) atoms. The molecule has 3 aromatic rings. The van der Waals surface area contributed by atoms with Gasteiger partial charge in [-0.05, 0) is 39.0 Å². The summed E-state index contributed by atoms with van der Waals surface area (Å²) in [6.45, 7) is 7.72. The Labute approximate surface area is 151 Å². The lowest BCUT2D eigenvalue weighted by Crippen LogP contribution is -2.26. The van der Waals surface area contributed by atoms with Gasteiger partial charge in [-0.1, -0.05) is 0 Å². The molecule has 8 heteroatoms. The maximum atomic E-state index is 13.6. The van der Waals surface area contributed by atoms with E-state index in [2.05, 4.69) is 39.0 Å². The molecule has 0 spiro atoms. The first-order chi connectivity index (χ1) is 12.5. The normalized spacial score (nSPS) is 12.2. The highest BCUT2D eigenvalue weighted by atomic mass is 19.1. The quantitative estimate of drug-likeness (QED) is 0.701. The number of aromatic nitrogens is 4. The first kappa shape index (κ1) is 17.8. The van der Waals surface area contributed by atoms with Crippen LogP contribution in [0.4, 0.5) is 22.1 Å².